The highest BCUT2D eigenvalue weighted by Gasteiger charge is 2.33. The van der Waals surface area contributed by atoms with Crippen molar-refractivity contribution < 1.29 is 44.1 Å². The van der Waals surface area contributed by atoms with Crippen LogP contribution < -0.4 is 44.2 Å². The van der Waals surface area contributed by atoms with Crippen molar-refractivity contribution in [3.05, 3.63) is 29.8 Å². The fraction of sp³-hybridized carbons (Fsp3) is 0.581. The van der Waals surface area contributed by atoms with Crippen LogP contribution in [0.1, 0.15) is 64.4 Å². The maximum Gasteiger partial charge on any atom is 0.326 e. The van der Waals surface area contributed by atoms with E-state index >= 15 is 0 Å². The summed E-state index contributed by atoms with van der Waals surface area (Å²) < 4.78 is 0. The molecule has 0 saturated heterocycles. The second-order valence-electron chi connectivity index (χ2n) is 11.9. The number of aliphatic imine (C=N–C) groups is 1. The Morgan fingerprint density at radius 2 is 1.33 bits per heavy atom. The lowest BCUT2D eigenvalue weighted by Crippen LogP contribution is -2.59. The summed E-state index contributed by atoms with van der Waals surface area (Å²) in [5.41, 5.74) is 22.7. The molecule has 18 nitrogen and oxygen atoms in total. The zero-order valence-corrected chi connectivity index (χ0v) is 27.9. The molecule has 274 valence electrons. The van der Waals surface area contributed by atoms with E-state index in [0.717, 1.165) is 0 Å². The van der Waals surface area contributed by atoms with Crippen LogP contribution in [0.4, 0.5) is 0 Å². The summed E-state index contributed by atoms with van der Waals surface area (Å²) in [6.45, 7) is 3.78. The Balaban J connectivity index is 3.11. The number of aromatic hydroxyl groups is 1. The molecule has 0 aliphatic carbocycles. The Hall–Kier alpha value is -4.97. The Labute approximate surface area is 284 Å². The number of nitrogens with two attached hydrogens (primary N) is 4. The number of nitrogens with zero attached hydrogens (tertiary/aromatic N) is 1. The van der Waals surface area contributed by atoms with Gasteiger partial charge in [-0.1, -0.05) is 26.0 Å². The fourth-order valence-electron chi connectivity index (χ4n) is 4.62. The van der Waals surface area contributed by atoms with Crippen LogP contribution in [0.5, 0.6) is 5.75 Å². The zero-order valence-electron chi connectivity index (χ0n) is 27.9. The van der Waals surface area contributed by atoms with E-state index in [-0.39, 0.29) is 43.9 Å². The van der Waals surface area contributed by atoms with Crippen LogP contribution in [0.15, 0.2) is 29.3 Å². The maximum atomic E-state index is 13.5. The lowest BCUT2D eigenvalue weighted by Gasteiger charge is -2.28. The zero-order chi connectivity index (χ0) is 37.1. The van der Waals surface area contributed by atoms with Gasteiger partial charge in [0.2, 0.25) is 23.6 Å². The highest BCUT2D eigenvalue weighted by Crippen LogP contribution is 2.13. The number of hydrogen-bond donors (Lipinski definition) is 11. The number of hydrogen-bond acceptors (Lipinski definition) is 10. The van der Waals surface area contributed by atoms with E-state index in [1.807, 2.05) is 0 Å². The highest BCUT2D eigenvalue weighted by atomic mass is 16.4. The molecule has 0 fully saturated rings. The van der Waals surface area contributed by atoms with Gasteiger partial charge in [-0.25, -0.2) is 4.79 Å². The van der Waals surface area contributed by atoms with Gasteiger partial charge in [-0.15, -0.1) is 0 Å². The van der Waals surface area contributed by atoms with Gasteiger partial charge in [-0.3, -0.25) is 29.0 Å². The molecule has 0 bridgehead atoms. The Morgan fingerprint density at radius 1 is 0.755 bits per heavy atom. The van der Waals surface area contributed by atoms with Crippen molar-refractivity contribution in [1.82, 2.24) is 21.3 Å². The summed E-state index contributed by atoms with van der Waals surface area (Å²) >= 11 is 0. The predicted octanol–water partition coefficient (Wildman–Crippen LogP) is -2.01. The van der Waals surface area contributed by atoms with E-state index in [9.17, 15) is 44.1 Å². The molecule has 0 aliphatic heterocycles. The van der Waals surface area contributed by atoms with Crippen molar-refractivity contribution >= 4 is 41.5 Å². The molecule has 0 saturated carbocycles. The first-order chi connectivity index (χ1) is 23.0. The van der Waals surface area contributed by atoms with Crippen molar-refractivity contribution in [3.8, 4) is 5.75 Å². The molecule has 0 spiro atoms. The first-order valence-corrected chi connectivity index (χ1v) is 16.0. The van der Waals surface area contributed by atoms with Gasteiger partial charge in [-0.2, -0.15) is 0 Å². The summed E-state index contributed by atoms with van der Waals surface area (Å²) in [4.78, 5) is 80.2. The van der Waals surface area contributed by atoms with E-state index in [4.69, 9.17) is 22.9 Å². The second kappa shape index (κ2) is 21.8. The van der Waals surface area contributed by atoms with Crippen molar-refractivity contribution in [2.24, 2.45) is 33.8 Å². The molecule has 1 aromatic rings. The molecule has 0 aromatic heterocycles. The Kier molecular flexibility index (Phi) is 18.7. The molecule has 1 aromatic carbocycles. The minimum atomic E-state index is -1.44. The van der Waals surface area contributed by atoms with E-state index < -0.39 is 78.1 Å². The number of guanidine groups is 1. The number of phenolic OH excluding ortho intramolecular Hbond substituents is 1. The SMILES string of the molecule is CC(C)[C@@H](NC(=O)[C@@H](CCC(=O)O)NC(=O)[C@@H](CCCCN)NC(=O)[C@H](N)CCCN=C(N)N)C(=O)N[C@H](Cc1ccc(O)cc1)C(=O)O. The van der Waals surface area contributed by atoms with E-state index in [1.165, 1.54) is 24.3 Å². The van der Waals surface area contributed by atoms with E-state index in [0.29, 0.717) is 31.4 Å². The van der Waals surface area contributed by atoms with Gasteiger partial charge >= 0.3 is 11.9 Å². The van der Waals surface area contributed by atoms with Crippen molar-refractivity contribution in [3.63, 3.8) is 0 Å². The van der Waals surface area contributed by atoms with Crippen LogP contribution in [-0.4, -0.2) is 100 Å². The third-order valence-electron chi connectivity index (χ3n) is 7.40. The van der Waals surface area contributed by atoms with Gasteiger partial charge in [0, 0.05) is 19.4 Å². The van der Waals surface area contributed by atoms with Crippen LogP contribution in [0, 0.1) is 5.92 Å². The number of carboxylic acid groups (broad SMARTS) is 2. The lowest BCUT2D eigenvalue weighted by atomic mass is 10.00. The van der Waals surface area contributed by atoms with Gasteiger partial charge in [-0.05, 0) is 68.7 Å². The second-order valence-corrected chi connectivity index (χ2v) is 11.9. The normalized spacial score (nSPS) is 14.0. The molecule has 1 rings (SSSR count). The number of carbonyl (C=O) groups is 6. The molecule has 15 N–H and O–H groups in total. The predicted molar refractivity (Wildman–Crippen MR) is 180 cm³/mol. The molecule has 0 radical (unpaired) electrons. The molecule has 49 heavy (non-hydrogen) atoms. The van der Waals surface area contributed by atoms with Crippen molar-refractivity contribution in [2.45, 2.75) is 95.4 Å². The number of carbonyl (C=O) groups excluding carboxylic acids is 4. The summed E-state index contributed by atoms with van der Waals surface area (Å²) in [5.74, 6) is -6.39. The first-order valence-electron chi connectivity index (χ1n) is 16.0. The molecule has 18 heteroatoms. The summed E-state index contributed by atoms with van der Waals surface area (Å²) in [6, 6.07) is -0.484. The smallest absolute Gasteiger partial charge is 0.326 e. The molecule has 5 atom stereocenters. The molecule has 4 amide bonds. The fourth-order valence-corrected chi connectivity index (χ4v) is 4.62. The highest BCUT2D eigenvalue weighted by molar-refractivity contribution is 5.95. The monoisotopic (exact) mass is 693 g/mol. The third kappa shape index (κ3) is 16.6. The van der Waals surface area contributed by atoms with Gasteiger partial charge < -0.3 is 59.5 Å². The summed E-state index contributed by atoms with van der Waals surface area (Å²) in [6.07, 6.45) is 0.711. The quantitative estimate of drug-likeness (QED) is 0.0336. The number of unbranched alkanes of at least 4 members (excludes halogenated alkanes) is 1. The Morgan fingerprint density at radius 3 is 1.88 bits per heavy atom. The summed E-state index contributed by atoms with van der Waals surface area (Å²) in [7, 11) is 0. The number of rotatable bonds is 23. The van der Waals surface area contributed by atoms with Gasteiger partial charge in [0.05, 0.1) is 6.04 Å². The van der Waals surface area contributed by atoms with Crippen molar-refractivity contribution in [1.29, 1.82) is 0 Å². The third-order valence-corrected chi connectivity index (χ3v) is 7.40. The van der Waals surface area contributed by atoms with Gasteiger partial charge in [0.25, 0.3) is 0 Å². The van der Waals surface area contributed by atoms with Crippen LogP contribution >= 0.6 is 0 Å². The van der Waals surface area contributed by atoms with Crippen molar-refractivity contribution in [2.75, 3.05) is 13.1 Å². The number of amides is 4. The van der Waals surface area contributed by atoms with Gasteiger partial charge in [0.15, 0.2) is 5.96 Å². The van der Waals surface area contributed by atoms with Crippen LogP contribution in [0.3, 0.4) is 0 Å². The number of aliphatic carboxylic acids is 2. The number of nitrogens with one attached hydrogen (secondary N) is 4. The van der Waals surface area contributed by atoms with Crippen LogP contribution in [0.25, 0.3) is 0 Å². The largest absolute Gasteiger partial charge is 0.508 e. The number of phenols is 1. The molecular formula is C31H51N9O9. The van der Waals surface area contributed by atoms with Gasteiger partial charge in [0.1, 0.15) is 29.9 Å². The molecule has 0 aliphatic rings. The minimum Gasteiger partial charge on any atom is -0.508 e. The van der Waals surface area contributed by atoms with Crippen LogP contribution in [-0.2, 0) is 35.2 Å². The Bertz CT molecular complexity index is 1290. The average Bonchev–Trinajstić information content (AvgIpc) is 3.03. The number of benzene rings is 1. The average molecular weight is 694 g/mol. The maximum absolute atomic E-state index is 13.5. The molecule has 0 unspecified atom stereocenters. The topological polar surface area (TPSA) is 328 Å². The lowest BCUT2D eigenvalue weighted by molar-refractivity contribution is -0.142. The van der Waals surface area contributed by atoms with E-state index in [1.54, 1.807) is 13.8 Å². The van der Waals surface area contributed by atoms with E-state index in [2.05, 4.69) is 26.3 Å². The first kappa shape index (κ1) is 42.1. The minimum absolute atomic E-state index is 0.0179. The number of carboxylic acids is 2. The molecular weight excluding hydrogens is 642 g/mol. The summed E-state index contributed by atoms with van der Waals surface area (Å²) in [5, 5.41) is 38.5. The standard InChI is InChI=1S/C31H51N9O9/c1-17(2)25(29(47)39-23(30(48)49)16-18-8-10-19(41)11-9-18)40-28(46)22(12-13-24(42)43)38-27(45)21(7-3-4-14-32)37-26(44)20(33)6-5-15-36-31(34)35/h8-11,17,20-23,25,41H,3-7,12-16,32-33H2,1-2H3,(H,37,44)(H,38,45)(H,39,47)(H,40,46)(H,42,43)(H,48,49)(H4,34,35,36)/t20-,21-,22-,23-,25-/m1/s1. The van der Waals surface area contributed by atoms with Crippen LogP contribution in [0.2, 0.25) is 0 Å². The molecule has 0 heterocycles.